The highest BCUT2D eigenvalue weighted by atomic mass is 19.3. The Morgan fingerprint density at radius 1 is 1.16 bits per heavy atom. The van der Waals surface area contributed by atoms with Gasteiger partial charge in [-0.1, -0.05) is 20.8 Å². The van der Waals surface area contributed by atoms with Gasteiger partial charge in [0.15, 0.2) is 0 Å². The third-order valence-corrected chi connectivity index (χ3v) is 3.69. The molecule has 25 heavy (non-hydrogen) atoms. The van der Waals surface area contributed by atoms with Gasteiger partial charge in [0.05, 0.1) is 6.61 Å². The Balaban J connectivity index is 2.19. The van der Waals surface area contributed by atoms with Gasteiger partial charge < -0.3 is 4.74 Å². The number of nitriles is 1. The first-order chi connectivity index (χ1) is 11.9. The SMILES string of the molecule is CC(C)C[C@@H](C)COc1ncc(-c2ccnc(C(F)F)c2)cc1C#N. The molecule has 0 bridgehead atoms. The molecule has 0 unspecified atom stereocenters. The number of halogens is 2. The second kappa shape index (κ2) is 8.52. The fourth-order valence-corrected chi connectivity index (χ4v) is 2.65. The average molecular weight is 345 g/mol. The Bertz CT molecular complexity index is 757. The van der Waals surface area contributed by atoms with E-state index >= 15 is 0 Å². The fourth-order valence-electron chi connectivity index (χ4n) is 2.65. The highest BCUT2D eigenvalue weighted by molar-refractivity contribution is 5.65. The van der Waals surface area contributed by atoms with Gasteiger partial charge >= 0.3 is 0 Å². The van der Waals surface area contributed by atoms with Crippen LogP contribution in [0.15, 0.2) is 30.6 Å². The molecular weight excluding hydrogens is 324 g/mol. The molecule has 2 heterocycles. The van der Waals surface area contributed by atoms with E-state index in [0.717, 1.165) is 6.42 Å². The molecule has 0 amide bonds. The monoisotopic (exact) mass is 345 g/mol. The quantitative estimate of drug-likeness (QED) is 0.707. The van der Waals surface area contributed by atoms with Crippen LogP contribution in [0.25, 0.3) is 11.1 Å². The summed E-state index contributed by atoms with van der Waals surface area (Å²) in [5, 5.41) is 9.34. The van der Waals surface area contributed by atoms with Crippen LogP contribution in [-0.2, 0) is 0 Å². The lowest BCUT2D eigenvalue weighted by atomic mass is 10.00. The average Bonchev–Trinajstić information content (AvgIpc) is 2.59. The third-order valence-electron chi connectivity index (χ3n) is 3.69. The van der Waals surface area contributed by atoms with Crippen LogP contribution in [0.3, 0.4) is 0 Å². The van der Waals surface area contributed by atoms with E-state index in [4.69, 9.17) is 4.74 Å². The van der Waals surface area contributed by atoms with Gasteiger partial charge in [0.1, 0.15) is 17.3 Å². The zero-order valence-electron chi connectivity index (χ0n) is 14.5. The van der Waals surface area contributed by atoms with Crippen LogP contribution < -0.4 is 4.74 Å². The van der Waals surface area contributed by atoms with E-state index in [1.165, 1.54) is 18.5 Å². The molecule has 1 atom stereocenters. The van der Waals surface area contributed by atoms with Crippen molar-refractivity contribution in [3.8, 4) is 23.1 Å². The summed E-state index contributed by atoms with van der Waals surface area (Å²) >= 11 is 0. The van der Waals surface area contributed by atoms with Gasteiger partial charge in [-0.25, -0.2) is 13.8 Å². The molecule has 0 fully saturated rings. The van der Waals surface area contributed by atoms with Crippen molar-refractivity contribution in [1.82, 2.24) is 9.97 Å². The number of rotatable bonds is 7. The number of nitrogens with zero attached hydrogens (tertiary/aromatic N) is 3. The third kappa shape index (κ3) is 5.21. The molecule has 0 aliphatic rings. The topological polar surface area (TPSA) is 58.8 Å². The normalized spacial score (nSPS) is 12.2. The van der Waals surface area contributed by atoms with Crippen molar-refractivity contribution in [3.63, 3.8) is 0 Å². The van der Waals surface area contributed by atoms with Crippen molar-refractivity contribution >= 4 is 0 Å². The first-order valence-corrected chi connectivity index (χ1v) is 8.18. The van der Waals surface area contributed by atoms with Crippen LogP contribution in [0.1, 0.15) is 44.9 Å². The number of ether oxygens (including phenoxy) is 1. The van der Waals surface area contributed by atoms with Crippen LogP contribution in [0.5, 0.6) is 5.88 Å². The van der Waals surface area contributed by atoms with Crippen LogP contribution in [0.2, 0.25) is 0 Å². The Hall–Kier alpha value is -2.55. The van der Waals surface area contributed by atoms with E-state index in [-0.39, 0.29) is 17.1 Å². The van der Waals surface area contributed by atoms with E-state index in [9.17, 15) is 14.0 Å². The van der Waals surface area contributed by atoms with Gasteiger partial charge in [0, 0.05) is 18.0 Å². The number of aromatic nitrogens is 2. The van der Waals surface area contributed by atoms with Crippen molar-refractivity contribution in [2.45, 2.75) is 33.6 Å². The molecule has 0 aliphatic heterocycles. The summed E-state index contributed by atoms with van der Waals surface area (Å²) in [6.45, 7) is 6.85. The minimum Gasteiger partial charge on any atom is -0.476 e. The van der Waals surface area contributed by atoms with Crippen LogP contribution in [0.4, 0.5) is 8.78 Å². The summed E-state index contributed by atoms with van der Waals surface area (Å²) in [6, 6.07) is 6.56. The minimum atomic E-state index is -2.65. The maximum absolute atomic E-state index is 12.8. The summed E-state index contributed by atoms with van der Waals surface area (Å²) in [4.78, 5) is 7.84. The van der Waals surface area contributed by atoms with E-state index in [0.29, 0.717) is 29.6 Å². The molecule has 0 saturated carbocycles. The smallest absolute Gasteiger partial charge is 0.280 e. The number of pyridine rings is 2. The molecule has 0 N–H and O–H groups in total. The van der Waals surface area contributed by atoms with Crippen molar-refractivity contribution < 1.29 is 13.5 Å². The zero-order valence-corrected chi connectivity index (χ0v) is 14.5. The van der Waals surface area contributed by atoms with E-state index in [1.807, 2.05) is 0 Å². The lowest BCUT2D eigenvalue weighted by Crippen LogP contribution is -2.12. The van der Waals surface area contributed by atoms with Gasteiger partial charge in [0.2, 0.25) is 5.88 Å². The maximum atomic E-state index is 12.8. The Kier molecular flexibility index (Phi) is 6.40. The highest BCUT2D eigenvalue weighted by Gasteiger charge is 2.13. The molecule has 2 rings (SSSR count). The second-order valence-corrected chi connectivity index (χ2v) is 6.50. The maximum Gasteiger partial charge on any atom is 0.280 e. The standard InChI is InChI=1S/C19H21F2N3O/c1-12(2)6-13(3)11-25-19-15(9-22)7-16(10-24-19)14-4-5-23-17(8-14)18(20)21/h4-5,7-8,10,12-13,18H,6,11H2,1-3H3/t13-/m1/s1. The van der Waals surface area contributed by atoms with E-state index in [2.05, 4.69) is 36.8 Å². The van der Waals surface area contributed by atoms with E-state index in [1.54, 1.807) is 12.1 Å². The predicted octanol–water partition coefficient (Wildman–Crippen LogP) is 5.01. The molecule has 0 spiro atoms. The van der Waals surface area contributed by atoms with Crippen LogP contribution in [-0.4, -0.2) is 16.6 Å². The molecule has 2 aromatic rings. The molecule has 6 heteroatoms. The highest BCUT2D eigenvalue weighted by Crippen LogP contribution is 2.27. The van der Waals surface area contributed by atoms with Gasteiger partial charge in [-0.2, -0.15) is 5.26 Å². The lowest BCUT2D eigenvalue weighted by Gasteiger charge is -2.15. The zero-order chi connectivity index (χ0) is 18.4. The van der Waals surface area contributed by atoms with Crippen LogP contribution in [0, 0.1) is 23.2 Å². The van der Waals surface area contributed by atoms with Crippen molar-refractivity contribution in [2.24, 2.45) is 11.8 Å². The fraction of sp³-hybridized carbons (Fsp3) is 0.421. The molecular formula is C19H21F2N3O. The summed E-state index contributed by atoms with van der Waals surface area (Å²) in [7, 11) is 0. The molecule has 2 aromatic heterocycles. The van der Waals surface area contributed by atoms with Gasteiger partial charge in [-0.05, 0) is 42.0 Å². The van der Waals surface area contributed by atoms with Gasteiger partial charge in [0.25, 0.3) is 6.43 Å². The summed E-state index contributed by atoms with van der Waals surface area (Å²) < 4.78 is 31.3. The molecule has 4 nitrogen and oxygen atoms in total. The Morgan fingerprint density at radius 2 is 1.92 bits per heavy atom. The largest absolute Gasteiger partial charge is 0.476 e. The van der Waals surface area contributed by atoms with Crippen LogP contribution >= 0.6 is 0 Å². The van der Waals surface area contributed by atoms with Crippen molar-refractivity contribution in [3.05, 3.63) is 41.9 Å². The van der Waals surface area contributed by atoms with E-state index < -0.39 is 6.43 Å². The molecule has 0 aliphatic carbocycles. The first kappa shape index (κ1) is 18.8. The number of hydrogen-bond donors (Lipinski definition) is 0. The number of alkyl halides is 2. The van der Waals surface area contributed by atoms with Crippen molar-refractivity contribution in [1.29, 1.82) is 5.26 Å². The molecule has 0 saturated heterocycles. The van der Waals surface area contributed by atoms with Gasteiger partial charge in [-0.15, -0.1) is 0 Å². The summed E-state index contributed by atoms with van der Waals surface area (Å²) in [5.41, 5.74) is 1.08. The van der Waals surface area contributed by atoms with Crippen molar-refractivity contribution in [2.75, 3.05) is 6.61 Å². The minimum absolute atomic E-state index is 0.269. The molecule has 132 valence electrons. The summed E-state index contributed by atoms with van der Waals surface area (Å²) in [5.74, 6) is 1.19. The molecule has 0 aromatic carbocycles. The number of hydrogen-bond acceptors (Lipinski definition) is 4. The van der Waals surface area contributed by atoms with Gasteiger partial charge in [-0.3, -0.25) is 4.98 Å². The first-order valence-electron chi connectivity index (χ1n) is 8.18. The lowest BCUT2D eigenvalue weighted by molar-refractivity contribution is 0.146. The second-order valence-electron chi connectivity index (χ2n) is 6.50. The molecule has 0 radical (unpaired) electrons. The Morgan fingerprint density at radius 3 is 2.56 bits per heavy atom. The summed E-state index contributed by atoms with van der Waals surface area (Å²) in [6.07, 6.45) is 1.22. The Labute approximate surface area is 146 Å². The predicted molar refractivity (Wildman–Crippen MR) is 91.3 cm³/mol.